The molecule has 0 aliphatic heterocycles. The van der Waals surface area contributed by atoms with Crippen LogP contribution in [0.3, 0.4) is 0 Å². The van der Waals surface area contributed by atoms with Crippen molar-refractivity contribution in [1.82, 2.24) is 4.37 Å². The Bertz CT molecular complexity index is 440. The minimum atomic E-state index is 0.459. The van der Waals surface area contributed by atoms with Crippen LogP contribution in [0, 0.1) is 7.79 Å². The smallest absolute Gasteiger partial charge is 0.108 e. The van der Waals surface area contributed by atoms with Gasteiger partial charge in [0, 0.05) is 5.39 Å². The molecule has 60 valence electrons. The van der Waals surface area contributed by atoms with Crippen molar-refractivity contribution in [2.45, 2.75) is 0 Å². The Morgan fingerprint density at radius 1 is 1.50 bits per heavy atom. The van der Waals surface area contributed by atoms with Crippen LogP contribution in [0.5, 0.6) is 0 Å². The predicted molar refractivity (Wildman–Crippen MR) is 57.8 cm³/mol. The minimum absolute atomic E-state index is 0.459. The number of fused-ring (bicyclic) bond motifs is 1. The Labute approximate surface area is 86.1 Å². The standard InChI is InChI=1S/C7H3IN2OS/c8-7-5-3-4(9-11)1-2-6(5)10-12-7/h1-3H. The maximum absolute atomic E-state index is 10.2. The lowest BCUT2D eigenvalue weighted by atomic mass is 10.2. The second kappa shape index (κ2) is 3.06. The molecule has 3 nitrogen and oxygen atoms in total. The third kappa shape index (κ3) is 1.22. The molecule has 0 unspecified atom stereocenters. The summed E-state index contributed by atoms with van der Waals surface area (Å²) >= 11 is 3.63. The summed E-state index contributed by atoms with van der Waals surface area (Å²) in [6, 6.07) is 5.24. The van der Waals surface area contributed by atoms with Crippen LogP contribution in [0.25, 0.3) is 10.9 Å². The number of aromatic nitrogens is 1. The van der Waals surface area contributed by atoms with Gasteiger partial charge in [-0.2, -0.15) is 4.37 Å². The summed E-state index contributed by atoms with van der Waals surface area (Å²) in [7, 11) is 0. The minimum Gasteiger partial charge on any atom is -0.192 e. The van der Waals surface area contributed by atoms with Gasteiger partial charge in [0.1, 0.15) is 5.69 Å². The van der Waals surface area contributed by atoms with E-state index in [1.165, 1.54) is 11.5 Å². The molecule has 2 aromatic rings. The van der Waals surface area contributed by atoms with Gasteiger partial charge in [-0.25, -0.2) is 0 Å². The van der Waals surface area contributed by atoms with E-state index in [4.69, 9.17) is 0 Å². The van der Waals surface area contributed by atoms with E-state index in [2.05, 4.69) is 32.1 Å². The van der Waals surface area contributed by atoms with E-state index in [1.807, 2.05) is 6.07 Å². The van der Waals surface area contributed by atoms with Crippen molar-refractivity contribution < 1.29 is 0 Å². The fourth-order valence-corrected chi connectivity index (χ4v) is 2.28. The van der Waals surface area contributed by atoms with Crippen LogP contribution >= 0.6 is 34.1 Å². The molecule has 0 saturated heterocycles. The number of rotatable bonds is 1. The Hall–Kier alpha value is -0.560. The second-order valence-corrected chi connectivity index (χ2v) is 4.83. The Balaban J connectivity index is 2.79. The molecule has 0 aliphatic carbocycles. The first-order valence-electron chi connectivity index (χ1n) is 3.19. The zero-order chi connectivity index (χ0) is 8.55. The van der Waals surface area contributed by atoms with Crippen molar-refractivity contribution in [3.05, 3.63) is 26.0 Å². The first-order chi connectivity index (χ1) is 5.81. The van der Waals surface area contributed by atoms with Crippen LogP contribution in [0.15, 0.2) is 23.4 Å². The van der Waals surface area contributed by atoms with Gasteiger partial charge in [-0.1, -0.05) is 0 Å². The predicted octanol–water partition coefficient (Wildman–Crippen LogP) is 3.30. The van der Waals surface area contributed by atoms with E-state index in [9.17, 15) is 4.91 Å². The molecule has 1 aromatic carbocycles. The van der Waals surface area contributed by atoms with Crippen LogP contribution in [-0.4, -0.2) is 4.37 Å². The Kier molecular flexibility index (Phi) is 2.05. The molecule has 0 saturated carbocycles. The summed E-state index contributed by atoms with van der Waals surface area (Å²) in [6.45, 7) is 0. The number of halogens is 1. The van der Waals surface area contributed by atoms with Crippen LogP contribution in [0.4, 0.5) is 5.69 Å². The highest BCUT2D eigenvalue weighted by Gasteiger charge is 2.03. The molecular formula is C7H3IN2OS. The highest BCUT2D eigenvalue weighted by molar-refractivity contribution is 14.1. The molecule has 0 N–H and O–H groups in total. The van der Waals surface area contributed by atoms with Crippen molar-refractivity contribution in [3.8, 4) is 0 Å². The fraction of sp³-hybridized carbons (Fsp3) is 0. The summed E-state index contributed by atoms with van der Waals surface area (Å²) in [5.74, 6) is 0. The Morgan fingerprint density at radius 2 is 2.33 bits per heavy atom. The summed E-state index contributed by atoms with van der Waals surface area (Å²) in [4.78, 5) is 10.2. The van der Waals surface area contributed by atoms with Crippen molar-refractivity contribution in [2.24, 2.45) is 5.18 Å². The van der Waals surface area contributed by atoms with E-state index in [1.54, 1.807) is 12.1 Å². The highest BCUT2D eigenvalue weighted by atomic mass is 127. The maximum atomic E-state index is 10.2. The van der Waals surface area contributed by atoms with E-state index >= 15 is 0 Å². The summed E-state index contributed by atoms with van der Waals surface area (Å²) in [6.07, 6.45) is 0. The van der Waals surface area contributed by atoms with Crippen LogP contribution in [0.2, 0.25) is 0 Å². The van der Waals surface area contributed by atoms with E-state index in [0.29, 0.717) is 5.69 Å². The van der Waals surface area contributed by atoms with Gasteiger partial charge in [0.25, 0.3) is 0 Å². The van der Waals surface area contributed by atoms with Gasteiger partial charge in [0.2, 0.25) is 0 Å². The molecule has 0 aliphatic rings. The van der Waals surface area contributed by atoms with Crippen LogP contribution in [0.1, 0.15) is 0 Å². The number of hydrogen-bond donors (Lipinski definition) is 0. The van der Waals surface area contributed by atoms with E-state index in [-0.39, 0.29) is 0 Å². The number of nitrogens with zero attached hydrogens (tertiary/aromatic N) is 2. The lowest BCUT2D eigenvalue weighted by Crippen LogP contribution is -1.67. The van der Waals surface area contributed by atoms with Gasteiger partial charge in [-0.05, 0) is 57.5 Å². The third-order valence-corrected chi connectivity index (χ3v) is 3.36. The summed E-state index contributed by atoms with van der Waals surface area (Å²) < 4.78 is 5.27. The summed E-state index contributed by atoms with van der Waals surface area (Å²) in [5, 5.41) is 3.88. The zero-order valence-electron chi connectivity index (χ0n) is 5.82. The maximum Gasteiger partial charge on any atom is 0.108 e. The first-order valence-corrected chi connectivity index (χ1v) is 5.05. The lowest BCUT2D eigenvalue weighted by Gasteiger charge is -1.88. The molecule has 0 spiro atoms. The molecule has 1 heterocycles. The molecule has 0 bridgehead atoms. The largest absolute Gasteiger partial charge is 0.192 e. The molecule has 12 heavy (non-hydrogen) atoms. The van der Waals surface area contributed by atoms with Crippen LogP contribution < -0.4 is 0 Å². The highest BCUT2D eigenvalue weighted by Crippen LogP contribution is 2.27. The topological polar surface area (TPSA) is 42.3 Å². The first kappa shape index (κ1) is 8.06. The zero-order valence-corrected chi connectivity index (χ0v) is 8.79. The summed E-state index contributed by atoms with van der Waals surface area (Å²) in [5.41, 5.74) is 1.39. The molecule has 0 radical (unpaired) electrons. The average molecular weight is 290 g/mol. The monoisotopic (exact) mass is 290 g/mol. The van der Waals surface area contributed by atoms with Gasteiger partial charge in [-0.3, -0.25) is 0 Å². The lowest BCUT2D eigenvalue weighted by molar-refractivity contribution is 1.51. The number of benzene rings is 1. The third-order valence-electron chi connectivity index (χ3n) is 1.52. The average Bonchev–Trinajstić information content (AvgIpc) is 2.47. The van der Waals surface area contributed by atoms with E-state index < -0.39 is 0 Å². The van der Waals surface area contributed by atoms with Gasteiger partial charge in [0.05, 0.1) is 8.40 Å². The quantitative estimate of drug-likeness (QED) is 0.597. The molecular weight excluding hydrogens is 287 g/mol. The second-order valence-electron chi connectivity index (χ2n) is 2.25. The van der Waals surface area contributed by atoms with Crippen molar-refractivity contribution in [2.75, 3.05) is 0 Å². The van der Waals surface area contributed by atoms with Crippen molar-refractivity contribution in [3.63, 3.8) is 0 Å². The van der Waals surface area contributed by atoms with E-state index in [0.717, 1.165) is 13.8 Å². The van der Waals surface area contributed by atoms with Gasteiger partial charge in [0.15, 0.2) is 0 Å². The molecule has 0 fully saturated rings. The molecule has 0 atom stereocenters. The van der Waals surface area contributed by atoms with Crippen LogP contribution in [-0.2, 0) is 0 Å². The number of hydrogen-bond acceptors (Lipinski definition) is 4. The molecule has 0 amide bonds. The SMILES string of the molecule is O=Nc1ccc2nsc(I)c2c1. The van der Waals surface area contributed by atoms with Gasteiger partial charge < -0.3 is 0 Å². The number of nitroso groups, excluding NO2 is 1. The van der Waals surface area contributed by atoms with Crippen molar-refractivity contribution in [1.29, 1.82) is 0 Å². The van der Waals surface area contributed by atoms with Gasteiger partial charge in [-0.15, -0.1) is 4.91 Å². The van der Waals surface area contributed by atoms with Crippen molar-refractivity contribution >= 4 is 50.7 Å². The normalized spacial score (nSPS) is 10.4. The molecule has 5 heteroatoms. The molecule has 1 aromatic heterocycles. The fourth-order valence-electron chi connectivity index (χ4n) is 0.956. The Morgan fingerprint density at radius 3 is 3.08 bits per heavy atom. The molecule has 2 rings (SSSR count). The van der Waals surface area contributed by atoms with Gasteiger partial charge >= 0.3 is 0 Å².